The van der Waals surface area contributed by atoms with Crippen molar-refractivity contribution in [2.75, 3.05) is 5.32 Å². The van der Waals surface area contributed by atoms with Gasteiger partial charge in [-0.15, -0.1) is 0 Å². The first-order chi connectivity index (χ1) is 19.2. The molecule has 40 heavy (non-hydrogen) atoms. The Kier molecular flexibility index (Phi) is 6.14. The molecule has 0 fully saturated rings. The number of H-pyrrole nitrogens is 2. The lowest BCUT2D eigenvalue weighted by Gasteiger charge is -2.14. The van der Waals surface area contributed by atoms with E-state index in [1.807, 2.05) is 36.4 Å². The summed E-state index contributed by atoms with van der Waals surface area (Å²) >= 11 is 0. The highest BCUT2D eigenvalue weighted by Gasteiger charge is 2.32. The second kappa shape index (κ2) is 9.80. The largest absolute Gasteiger partial charge is 0.433 e. The zero-order valence-corrected chi connectivity index (χ0v) is 20.9. The van der Waals surface area contributed by atoms with Crippen LogP contribution in [-0.4, -0.2) is 36.0 Å². The van der Waals surface area contributed by atoms with Crippen LogP contribution in [0, 0.1) is 0 Å². The number of carbonyl (C=O) groups excluding carboxylic acids is 1. The lowest BCUT2D eigenvalue weighted by Crippen LogP contribution is -2.27. The number of benzene rings is 2. The van der Waals surface area contributed by atoms with E-state index in [2.05, 4.69) is 40.8 Å². The van der Waals surface area contributed by atoms with E-state index in [9.17, 15) is 18.0 Å². The number of carbonyl (C=O) groups is 1. The maximum atomic E-state index is 12.9. The predicted octanol–water partition coefficient (Wildman–Crippen LogP) is 6.15. The maximum absolute atomic E-state index is 12.9. The number of nitrogens with zero attached hydrogens (tertiary/aromatic N) is 4. The van der Waals surface area contributed by atoms with E-state index in [0.29, 0.717) is 28.4 Å². The standard InChI is InChI=1S/C28H21F3N8O/c1-15(18-4-7-24(33-13-18)28(29,30)31)35-27(40)23-11-16-2-3-17(12-22(16)37-23)26-32-9-8-25(38-26)36-20-5-6-21-19(10-20)14-34-39-21/h2-15,37H,1H3,(H,34,39)(H,35,40)(H,32,36,38)/t15-/m1/s1. The lowest BCUT2D eigenvalue weighted by atomic mass is 10.1. The fraction of sp³-hybridized carbons (Fsp3) is 0.107. The normalized spacial score (nSPS) is 12.5. The van der Waals surface area contributed by atoms with Gasteiger partial charge in [-0.2, -0.15) is 18.3 Å². The van der Waals surface area contributed by atoms with Crippen LogP contribution in [0.25, 0.3) is 33.2 Å². The molecule has 200 valence electrons. The molecule has 0 saturated heterocycles. The zero-order chi connectivity index (χ0) is 27.9. The number of hydrogen-bond acceptors (Lipinski definition) is 6. The van der Waals surface area contributed by atoms with E-state index in [-0.39, 0.29) is 0 Å². The van der Waals surface area contributed by atoms with Crippen molar-refractivity contribution in [2.24, 2.45) is 0 Å². The summed E-state index contributed by atoms with van der Waals surface area (Å²) in [4.78, 5) is 28.5. The molecule has 6 aromatic rings. The Bertz CT molecular complexity index is 1840. The molecule has 0 saturated carbocycles. The third-order valence-corrected chi connectivity index (χ3v) is 6.42. The van der Waals surface area contributed by atoms with Crippen LogP contribution in [0.15, 0.2) is 79.3 Å². The maximum Gasteiger partial charge on any atom is 0.433 e. The first kappa shape index (κ1) is 25.0. The molecule has 0 spiro atoms. The molecule has 12 heteroatoms. The smallest absolute Gasteiger partial charge is 0.351 e. The minimum Gasteiger partial charge on any atom is -0.351 e. The minimum atomic E-state index is -4.52. The molecule has 4 N–H and O–H groups in total. The fourth-order valence-electron chi connectivity index (χ4n) is 4.31. The van der Waals surface area contributed by atoms with Gasteiger partial charge in [0.25, 0.3) is 5.91 Å². The molecular formula is C28H21F3N8O. The molecule has 6 rings (SSSR count). The average Bonchev–Trinajstić information content (AvgIpc) is 3.59. The molecule has 1 atom stereocenters. The third kappa shape index (κ3) is 5.06. The Morgan fingerprint density at radius 3 is 2.60 bits per heavy atom. The highest BCUT2D eigenvalue weighted by atomic mass is 19.4. The molecule has 2 aromatic carbocycles. The summed E-state index contributed by atoms with van der Waals surface area (Å²) in [5, 5.41) is 14.8. The Morgan fingerprint density at radius 1 is 0.925 bits per heavy atom. The van der Waals surface area contributed by atoms with Crippen LogP contribution in [0.3, 0.4) is 0 Å². The summed E-state index contributed by atoms with van der Waals surface area (Å²) in [7, 11) is 0. The van der Waals surface area contributed by atoms with Crippen LogP contribution >= 0.6 is 0 Å². The Labute approximate surface area is 224 Å². The van der Waals surface area contributed by atoms with E-state index in [0.717, 1.165) is 39.8 Å². The molecule has 0 aliphatic rings. The third-order valence-electron chi connectivity index (χ3n) is 6.42. The van der Waals surface area contributed by atoms with Crippen LogP contribution < -0.4 is 10.6 Å². The molecule has 1 amide bonds. The number of pyridine rings is 1. The molecule has 9 nitrogen and oxygen atoms in total. The summed E-state index contributed by atoms with van der Waals surface area (Å²) in [6.07, 6.45) is 0.00556. The molecule has 0 aliphatic carbocycles. The lowest BCUT2D eigenvalue weighted by molar-refractivity contribution is -0.141. The van der Waals surface area contributed by atoms with Gasteiger partial charge >= 0.3 is 6.18 Å². The SMILES string of the molecule is C[C@@H](NC(=O)c1cc2ccc(-c3nccc(Nc4ccc5[nH]ncc5c4)n3)cc2[nH]1)c1ccc(C(F)(F)F)nc1. The molecule has 0 radical (unpaired) electrons. The second-order valence-corrected chi connectivity index (χ2v) is 9.22. The summed E-state index contributed by atoms with van der Waals surface area (Å²) in [5.74, 6) is 0.716. The number of fused-ring (bicyclic) bond motifs is 2. The van der Waals surface area contributed by atoms with Gasteiger partial charge in [0.1, 0.15) is 17.2 Å². The van der Waals surface area contributed by atoms with Crippen LogP contribution in [0.5, 0.6) is 0 Å². The van der Waals surface area contributed by atoms with Gasteiger partial charge < -0.3 is 15.6 Å². The van der Waals surface area contributed by atoms with E-state index < -0.39 is 23.8 Å². The molecule has 0 unspecified atom stereocenters. The van der Waals surface area contributed by atoms with Gasteiger partial charge in [-0.25, -0.2) is 9.97 Å². The van der Waals surface area contributed by atoms with Crippen LogP contribution in [0.2, 0.25) is 0 Å². The number of alkyl halides is 3. The van der Waals surface area contributed by atoms with Crippen molar-refractivity contribution in [1.29, 1.82) is 0 Å². The van der Waals surface area contributed by atoms with Crippen LogP contribution in [0.1, 0.15) is 34.7 Å². The van der Waals surface area contributed by atoms with Crippen molar-refractivity contribution in [3.8, 4) is 11.4 Å². The number of aromatic nitrogens is 6. The van der Waals surface area contributed by atoms with Gasteiger partial charge in [0, 0.05) is 39.9 Å². The molecule has 4 aromatic heterocycles. The van der Waals surface area contributed by atoms with Gasteiger partial charge in [0.15, 0.2) is 5.82 Å². The summed E-state index contributed by atoms with van der Waals surface area (Å²) in [5.41, 5.74) is 3.03. The number of hydrogen-bond donors (Lipinski definition) is 4. The Hall–Kier alpha value is -5.26. The number of anilines is 2. The Balaban J connectivity index is 1.18. The van der Waals surface area contributed by atoms with Gasteiger partial charge in [-0.3, -0.25) is 14.9 Å². The van der Waals surface area contributed by atoms with Gasteiger partial charge in [-0.1, -0.05) is 18.2 Å². The van der Waals surface area contributed by atoms with Crippen molar-refractivity contribution in [1.82, 2.24) is 35.5 Å². The number of rotatable bonds is 6. The monoisotopic (exact) mass is 542 g/mol. The first-order valence-corrected chi connectivity index (χ1v) is 12.2. The summed E-state index contributed by atoms with van der Waals surface area (Å²) in [6, 6.07) is 16.5. The topological polar surface area (TPSA) is 124 Å². The molecule has 4 heterocycles. The van der Waals surface area contributed by atoms with Crippen molar-refractivity contribution in [2.45, 2.75) is 19.1 Å². The minimum absolute atomic E-state index is 0.310. The Morgan fingerprint density at radius 2 is 1.80 bits per heavy atom. The van der Waals surface area contributed by atoms with Crippen molar-refractivity contribution < 1.29 is 18.0 Å². The average molecular weight is 543 g/mol. The number of aromatic amines is 2. The van der Waals surface area contributed by atoms with Crippen molar-refractivity contribution in [3.05, 3.63) is 96.2 Å². The number of amides is 1. The van der Waals surface area contributed by atoms with E-state index in [1.54, 1.807) is 31.5 Å². The zero-order valence-electron chi connectivity index (χ0n) is 20.9. The number of halogens is 3. The van der Waals surface area contributed by atoms with Gasteiger partial charge in [-0.05, 0) is 55.0 Å². The molecule has 0 bridgehead atoms. The highest BCUT2D eigenvalue weighted by molar-refractivity contribution is 5.99. The predicted molar refractivity (Wildman–Crippen MR) is 144 cm³/mol. The second-order valence-electron chi connectivity index (χ2n) is 9.22. The van der Waals surface area contributed by atoms with E-state index >= 15 is 0 Å². The van der Waals surface area contributed by atoms with Crippen molar-refractivity contribution >= 4 is 39.2 Å². The summed E-state index contributed by atoms with van der Waals surface area (Å²) in [6.45, 7) is 1.68. The fourth-order valence-corrected chi connectivity index (χ4v) is 4.31. The van der Waals surface area contributed by atoms with Gasteiger partial charge in [0.2, 0.25) is 0 Å². The highest BCUT2D eigenvalue weighted by Crippen LogP contribution is 2.28. The number of nitrogens with one attached hydrogen (secondary N) is 4. The quantitative estimate of drug-likeness (QED) is 0.200. The molecule has 0 aliphatic heterocycles. The van der Waals surface area contributed by atoms with E-state index in [4.69, 9.17) is 0 Å². The summed E-state index contributed by atoms with van der Waals surface area (Å²) < 4.78 is 38.4. The van der Waals surface area contributed by atoms with Crippen LogP contribution in [0.4, 0.5) is 24.7 Å². The van der Waals surface area contributed by atoms with Crippen LogP contribution in [-0.2, 0) is 6.18 Å². The van der Waals surface area contributed by atoms with Gasteiger partial charge in [0.05, 0.1) is 17.8 Å². The van der Waals surface area contributed by atoms with Crippen molar-refractivity contribution in [3.63, 3.8) is 0 Å². The first-order valence-electron chi connectivity index (χ1n) is 12.2. The van der Waals surface area contributed by atoms with E-state index in [1.165, 1.54) is 6.07 Å². The molecular weight excluding hydrogens is 521 g/mol.